The molecule has 3 N–H and O–H groups in total. The fourth-order valence-corrected chi connectivity index (χ4v) is 18.8. The molecule has 1 unspecified atom stereocenters. The number of benzene rings is 5. The Morgan fingerprint density at radius 3 is 1.29 bits per heavy atom. The van der Waals surface area contributed by atoms with Crippen molar-refractivity contribution < 1.29 is 95.1 Å². The number of para-hydroxylation sites is 2. The minimum Gasteiger partial charge on any atom is -1.00 e. The van der Waals surface area contributed by atoms with Gasteiger partial charge in [0.1, 0.15) is 54.6 Å². The van der Waals surface area contributed by atoms with Crippen molar-refractivity contribution in [2.24, 2.45) is 21.1 Å². The standard InChI is InChI=1S/C26H24N2O5.C25H28N2O4.C25H26N2O4.C25H29N2O2.BrH.O3S/c1-15-14-26(2,3)28(10-6-9-23(29)30)20-13-22-16(11-17(15)20)12-18(25(31)33-22)24-27-19-7-4-5-8-21(19)32-24;2*1-16-15-25(2,3)27(9-5-6-23(28)29)21-14-22-18(12-19(16)21)13-20(24(30)31-22)17-7-10-26(4)11-8-17;1-24(2)8-12-27-13-9-25(3,4)20-21(27)19(24)15-17-14-18(23(28)29-22(17)20)16-6-10-26(5)11-7-16;;1-4(2)3/h4-5,7-8,11-14H,6,9-10H2,1-3H3,(H,29,30);7-8,10-14,16H,5-6,9,15H2,1-4H3;7-8,10-15H,5-6,9H2,1-4H3;6-7,10-11,14-15H,8-9,12-13H2,1-5H3;1H;/q;;;+1;;/p+1. The summed E-state index contributed by atoms with van der Waals surface area (Å²) in [5.41, 5.74) is 18.4. The number of oxazole rings is 1. The molecule has 0 amide bonds. The van der Waals surface area contributed by atoms with Gasteiger partial charge < -0.3 is 74.0 Å². The molecular weight excluding hydrogens is 1730 g/mol. The maximum atomic E-state index is 13.0. The number of carbonyl (C=O) groups is 3. The van der Waals surface area contributed by atoms with Crippen LogP contribution in [-0.2, 0) is 57.0 Å². The van der Waals surface area contributed by atoms with Crippen molar-refractivity contribution in [3.8, 4) is 44.8 Å². The van der Waals surface area contributed by atoms with Crippen LogP contribution in [0.1, 0.15) is 182 Å². The molecule has 26 nitrogen and oxygen atoms in total. The molecule has 5 aliphatic rings. The summed E-state index contributed by atoms with van der Waals surface area (Å²) < 4.78 is 60.2. The number of anilines is 4. The summed E-state index contributed by atoms with van der Waals surface area (Å²) in [5, 5.41) is 30.7. The topological polar surface area (TPSA) is 335 Å². The van der Waals surface area contributed by atoms with E-state index in [0.29, 0.717) is 89.4 Å². The second-order valence-corrected chi connectivity index (χ2v) is 37.6. The first-order chi connectivity index (χ1) is 60.4. The van der Waals surface area contributed by atoms with Crippen molar-refractivity contribution in [1.82, 2.24) is 4.98 Å². The monoisotopic (exact) mass is 1830 g/mol. The lowest BCUT2D eigenvalue weighted by molar-refractivity contribution is -0.671. The molecule has 28 heteroatoms. The third kappa shape index (κ3) is 20.0. The SMILES string of the molecule is CC1=CC(C)(C)N(CCCC(=O)O)c2cc3oc(=O)c(-c4cc[n+](C)cc4)cc3cc21.CC1=CC(C)(C)N(CCCC(=O)O)c2cc3oc(=O)c(-c4nc5ccccc5o4)cc3cc21.CC1CC(C)(C)N(CCCC(=O)O)c2cc3oc(=O)c(-c4cc[n+](C)cc4)cc3cc21.C[n+]1ccc(-c2cc3cc4c5c(c3oc2=O)C(C)(C)CCN5CCC4(C)C)cc1.O=S(=O)=O.[Br-]. The highest BCUT2D eigenvalue weighted by atomic mass is 79.9. The van der Waals surface area contributed by atoms with Gasteiger partial charge in [-0.2, -0.15) is 0 Å². The molecule has 5 aliphatic heterocycles. The van der Waals surface area contributed by atoms with E-state index in [1.807, 2.05) is 169 Å². The highest BCUT2D eigenvalue weighted by molar-refractivity contribution is 7.59. The van der Waals surface area contributed by atoms with Crippen LogP contribution in [0.25, 0.3) is 111 Å². The molecule has 8 aromatic heterocycles. The van der Waals surface area contributed by atoms with Crippen LogP contribution in [0, 0.1) is 0 Å². The van der Waals surface area contributed by atoms with E-state index < -0.39 is 34.1 Å². The molecule has 13 aromatic rings. The van der Waals surface area contributed by atoms with E-state index in [9.17, 15) is 33.6 Å². The maximum absolute atomic E-state index is 13.0. The van der Waals surface area contributed by atoms with Crippen LogP contribution in [0.3, 0.4) is 0 Å². The number of nitrogens with zero attached hydrogens (tertiary/aromatic N) is 8. The molecule has 0 bridgehead atoms. The lowest BCUT2D eigenvalue weighted by Gasteiger charge is -2.48. The molecule has 129 heavy (non-hydrogen) atoms. The molecule has 0 radical (unpaired) electrons. The number of aryl methyl sites for hydroxylation is 3. The van der Waals surface area contributed by atoms with Crippen LogP contribution in [0.4, 0.5) is 22.7 Å². The minimum absolute atomic E-state index is 0. The van der Waals surface area contributed by atoms with Gasteiger partial charge in [-0.25, -0.2) is 37.9 Å². The van der Waals surface area contributed by atoms with E-state index in [2.05, 4.69) is 145 Å². The predicted molar refractivity (Wildman–Crippen MR) is 495 cm³/mol. The van der Waals surface area contributed by atoms with E-state index in [0.717, 1.165) is 116 Å². The highest BCUT2D eigenvalue weighted by Gasteiger charge is 2.43. The van der Waals surface area contributed by atoms with Crippen LogP contribution in [0.15, 0.2) is 218 Å². The Labute approximate surface area is 758 Å². The van der Waals surface area contributed by atoms with Crippen molar-refractivity contribution in [3.05, 3.63) is 246 Å². The van der Waals surface area contributed by atoms with Gasteiger partial charge in [-0.15, -0.1) is 12.6 Å². The number of carboxylic acids is 3. The lowest BCUT2D eigenvalue weighted by atomic mass is 9.69. The number of allylic oxidation sites excluding steroid dienone is 2. The lowest BCUT2D eigenvalue weighted by Crippen LogP contribution is -3.00. The van der Waals surface area contributed by atoms with Gasteiger partial charge in [-0.3, -0.25) is 14.4 Å². The zero-order valence-electron chi connectivity index (χ0n) is 75.5. The first-order valence-corrected chi connectivity index (χ1v) is 44.1. The van der Waals surface area contributed by atoms with Crippen LogP contribution >= 0.6 is 0 Å². The molecule has 0 aliphatic carbocycles. The average Bonchev–Trinajstić information content (AvgIpc) is 1.42. The zero-order chi connectivity index (χ0) is 92.1. The molecule has 13 heterocycles. The Kier molecular flexibility index (Phi) is 26.9. The van der Waals surface area contributed by atoms with Crippen LogP contribution in [0.2, 0.25) is 0 Å². The molecule has 1 atom stereocenters. The third-order valence-corrected chi connectivity index (χ3v) is 25.3. The number of aliphatic carboxylic acids is 3. The van der Waals surface area contributed by atoms with E-state index in [1.54, 1.807) is 12.1 Å². The number of carboxylic acid groups (broad SMARTS) is 3. The number of hydrogen-bond donors (Lipinski definition) is 3. The van der Waals surface area contributed by atoms with Crippen molar-refractivity contribution >= 4 is 117 Å². The summed E-state index contributed by atoms with van der Waals surface area (Å²) >= 11 is 0. The number of aromatic nitrogens is 4. The van der Waals surface area contributed by atoms with E-state index in [4.69, 9.17) is 50.0 Å². The Bertz CT molecular complexity index is 6990. The van der Waals surface area contributed by atoms with E-state index in [1.165, 1.54) is 22.4 Å². The predicted octanol–water partition coefficient (Wildman–Crippen LogP) is 14.3. The number of halogens is 1. The summed E-state index contributed by atoms with van der Waals surface area (Å²) in [5.74, 6) is -1.82. The number of pyridine rings is 3. The first-order valence-electron chi connectivity index (χ1n) is 43.1. The van der Waals surface area contributed by atoms with Crippen molar-refractivity contribution in [1.29, 1.82) is 0 Å². The number of fused-ring (bicyclic) bond motifs is 9. The molecule has 0 saturated carbocycles. The van der Waals surface area contributed by atoms with Crippen molar-refractivity contribution in [2.45, 2.75) is 181 Å². The van der Waals surface area contributed by atoms with E-state index >= 15 is 0 Å². The third-order valence-electron chi connectivity index (χ3n) is 25.3. The Morgan fingerprint density at radius 1 is 0.465 bits per heavy atom. The van der Waals surface area contributed by atoms with E-state index in [-0.39, 0.29) is 92.0 Å². The molecular formula is C101H109BrN8O18S+2. The molecule has 18 rings (SSSR count). The molecule has 672 valence electrons. The molecule has 0 fully saturated rings. The van der Waals surface area contributed by atoms with Crippen LogP contribution in [0.5, 0.6) is 0 Å². The average molecular weight is 1830 g/mol. The second-order valence-electron chi connectivity index (χ2n) is 37.1. The summed E-state index contributed by atoms with van der Waals surface area (Å²) in [6, 6.07) is 40.7. The first kappa shape index (κ1) is 93.7. The number of rotatable bonds is 16. The molecule has 5 aromatic carbocycles. The van der Waals surface area contributed by atoms with Crippen molar-refractivity contribution in [3.63, 3.8) is 0 Å². The maximum Gasteiger partial charge on any atom is 0.425 e. The largest absolute Gasteiger partial charge is 1.00 e. The Hall–Kier alpha value is -13.0. The van der Waals surface area contributed by atoms with Gasteiger partial charge in [-0.05, 0) is 194 Å². The normalized spacial score (nSPS) is 16.2. The Balaban J connectivity index is 0.000000144. The van der Waals surface area contributed by atoms with Crippen molar-refractivity contribution in [2.75, 3.05) is 52.3 Å². The van der Waals surface area contributed by atoms with Gasteiger partial charge in [0.2, 0.25) is 5.89 Å². The molecule has 0 saturated heterocycles. The summed E-state index contributed by atoms with van der Waals surface area (Å²) in [7, 11) is 2.72. The van der Waals surface area contributed by atoms with Gasteiger partial charge in [0.05, 0.1) is 27.8 Å². The highest BCUT2D eigenvalue weighted by Crippen LogP contribution is 2.53. The fraction of sp³-hybridized carbons (Fsp3) is 0.356. The zero-order valence-corrected chi connectivity index (χ0v) is 78.0. The Morgan fingerprint density at radius 2 is 0.845 bits per heavy atom. The fourth-order valence-electron chi connectivity index (χ4n) is 18.8. The summed E-state index contributed by atoms with van der Waals surface area (Å²) in [6.45, 7) is 32.3. The van der Waals surface area contributed by atoms with Gasteiger partial charge in [0.25, 0.3) is 0 Å². The molecule has 0 spiro atoms. The summed E-state index contributed by atoms with van der Waals surface area (Å²) in [6.07, 6.45) is 21.1. The van der Waals surface area contributed by atoms with Gasteiger partial charge in [0.15, 0.2) is 42.8 Å². The smallest absolute Gasteiger partial charge is 0.425 e. The minimum atomic E-state index is -3.11. The quantitative estimate of drug-likeness (QED) is 0.0597. The van der Waals surface area contributed by atoms with Gasteiger partial charge in [0, 0.05) is 190 Å². The number of hydrogen-bond acceptors (Lipinski definition) is 20. The summed E-state index contributed by atoms with van der Waals surface area (Å²) in [4.78, 5) is 98.0. The van der Waals surface area contributed by atoms with Gasteiger partial charge in [-0.1, -0.05) is 58.9 Å². The van der Waals surface area contributed by atoms with Crippen LogP contribution < -0.4 is 72.8 Å². The second kappa shape index (κ2) is 37.0. The van der Waals surface area contributed by atoms with Gasteiger partial charge >= 0.3 is 51.0 Å². The van der Waals surface area contributed by atoms with Crippen LogP contribution in [-0.4, -0.2) is 100 Å².